The summed E-state index contributed by atoms with van der Waals surface area (Å²) < 4.78 is 40.2. The highest BCUT2D eigenvalue weighted by atomic mass is 79.9. The number of anilines is 1. The van der Waals surface area contributed by atoms with Crippen LogP contribution in [-0.2, 0) is 10.0 Å². The third-order valence-electron chi connectivity index (χ3n) is 2.74. The number of hydrogen-bond donors (Lipinski definition) is 3. The number of benzene rings is 1. The van der Waals surface area contributed by atoms with E-state index in [-0.39, 0.29) is 16.7 Å². The second kappa shape index (κ2) is 6.38. The fourth-order valence-electron chi connectivity index (χ4n) is 1.73. The van der Waals surface area contributed by atoms with Gasteiger partial charge in [0.25, 0.3) is 0 Å². The smallest absolute Gasteiger partial charge is 0.243 e. The second-order valence-electron chi connectivity index (χ2n) is 4.89. The van der Waals surface area contributed by atoms with Gasteiger partial charge in [-0.2, -0.15) is 0 Å². The molecule has 8 heteroatoms. The van der Waals surface area contributed by atoms with Gasteiger partial charge in [0.2, 0.25) is 10.0 Å². The van der Waals surface area contributed by atoms with E-state index in [1.807, 2.05) is 6.92 Å². The van der Waals surface area contributed by atoms with Crippen LogP contribution in [0.5, 0.6) is 0 Å². The predicted octanol–water partition coefficient (Wildman–Crippen LogP) is 2.00. The Hall–Kier alpha value is -0.700. The van der Waals surface area contributed by atoms with Crippen molar-refractivity contribution in [1.82, 2.24) is 4.72 Å². The molecule has 4 N–H and O–H groups in total. The van der Waals surface area contributed by atoms with E-state index in [0.29, 0.717) is 12.8 Å². The van der Waals surface area contributed by atoms with Gasteiger partial charge in [0.15, 0.2) is 5.82 Å². The lowest BCUT2D eigenvalue weighted by molar-refractivity contribution is 0.0554. The van der Waals surface area contributed by atoms with E-state index in [2.05, 4.69) is 20.7 Å². The van der Waals surface area contributed by atoms with Gasteiger partial charge in [-0.25, -0.2) is 17.5 Å². The topological polar surface area (TPSA) is 92.4 Å². The lowest BCUT2D eigenvalue weighted by atomic mass is 10.0. The minimum absolute atomic E-state index is 0.0295. The van der Waals surface area contributed by atoms with Crippen molar-refractivity contribution in [3.05, 3.63) is 22.4 Å². The van der Waals surface area contributed by atoms with Gasteiger partial charge in [-0.15, -0.1) is 0 Å². The van der Waals surface area contributed by atoms with E-state index in [9.17, 15) is 17.9 Å². The first-order chi connectivity index (χ1) is 9.09. The third kappa shape index (κ3) is 4.41. The molecule has 0 radical (unpaired) electrons. The Kier molecular flexibility index (Phi) is 5.54. The molecule has 0 saturated carbocycles. The van der Waals surface area contributed by atoms with Gasteiger partial charge in [-0.05, 0) is 41.4 Å². The van der Waals surface area contributed by atoms with Crippen LogP contribution < -0.4 is 10.5 Å². The molecule has 0 saturated heterocycles. The normalized spacial score (nSPS) is 15.1. The molecule has 1 aromatic rings. The molecule has 1 unspecified atom stereocenters. The maximum absolute atomic E-state index is 13.9. The van der Waals surface area contributed by atoms with Gasteiger partial charge < -0.3 is 10.8 Å². The summed E-state index contributed by atoms with van der Waals surface area (Å²) >= 11 is 2.91. The maximum atomic E-state index is 13.9. The average Bonchev–Trinajstić information content (AvgIpc) is 2.31. The number of halogens is 2. The highest BCUT2D eigenvalue weighted by Gasteiger charge is 2.26. The fraction of sp³-hybridized carbons (Fsp3) is 0.500. The maximum Gasteiger partial charge on any atom is 0.243 e. The minimum atomic E-state index is -4.08. The molecule has 0 bridgehead atoms. The van der Waals surface area contributed by atoms with Crippen LogP contribution >= 0.6 is 15.9 Å². The molecule has 20 heavy (non-hydrogen) atoms. The lowest BCUT2D eigenvalue weighted by Gasteiger charge is -2.23. The van der Waals surface area contributed by atoms with Crippen molar-refractivity contribution in [3.8, 4) is 0 Å². The van der Waals surface area contributed by atoms with Crippen LogP contribution in [-0.4, -0.2) is 25.7 Å². The van der Waals surface area contributed by atoms with Crippen molar-refractivity contribution in [2.45, 2.75) is 37.2 Å². The second-order valence-corrected chi connectivity index (χ2v) is 7.48. The summed E-state index contributed by atoms with van der Waals surface area (Å²) in [4.78, 5) is -0.545. The zero-order valence-electron chi connectivity index (χ0n) is 11.3. The van der Waals surface area contributed by atoms with Crippen molar-refractivity contribution >= 4 is 31.6 Å². The predicted molar refractivity (Wildman–Crippen MR) is 79.2 cm³/mol. The van der Waals surface area contributed by atoms with Crippen LogP contribution in [0.4, 0.5) is 10.1 Å². The lowest BCUT2D eigenvalue weighted by Crippen LogP contribution is -2.40. The van der Waals surface area contributed by atoms with E-state index >= 15 is 0 Å². The number of nitrogens with one attached hydrogen (secondary N) is 1. The number of sulfonamides is 1. The molecule has 0 fully saturated rings. The van der Waals surface area contributed by atoms with Crippen molar-refractivity contribution in [1.29, 1.82) is 0 Å². The Morgan fingerprint density at radius 3 is 2.65 bits per heavy atom. The van der Waals surface area contributed by atoms with Crippen molar-refractivity contribution in [2.24, 2.45) is 0 Å². The number of aliphatic hydroxyl groups is 1. The minimum Gasteiger partial charge on any atom is -0.399 e. The van der Waals surface area contributed by atoms with E-state index < -0.39 is 26.3 Å². The summed E-state index contributed by atoms with van der Waals surface area (Å²) in [5.41, 5.74) is 4.46. The Morgan fingerprint density at radius 2 is 2.10 bits per heavy atom. The zero-order chi connectivity index (χ0) is 15.6. The van der Waals surface area contributed by atoms with Crippen LogP contribution in [0.1, 0.15) is 26.7 Å². The Morgan fingerprint density at radius 1 is 1.50 bits per heavy atom. The molecule has 1 aromatic carbocycles. The van der Waals surface area contributed by atoms with Gasteiger partial charge >= 0.3 is 0 Å². The number of rotatable bonds is 6. The monoisotopic (exact) mass is 368 g/mol. The fourth-order valence-corrected chi connectivity index (χ4v) is 3.64. The van der Waals surface area contributed by atoms with Crippen LogP contribution in [0.25, 0.3) is 0 Å². The molecule has 0 aliphatic rings. The first-order valence-corrected chi connectivity index (χ1v) is 8.33. The molecular formula is C12H18BrFN2O3S. The van der Waals surface area contributed by atoms with Gasteiger partial charge in [0, 0.05) is 12.2 Å². The number of nitrogen functional groups attached to an aromatic ring is 1. The number of hydrogen-bond acceptors (Lipinski definition) is 4. The molecule has 5 nitrogen and oxygen atoms in total. The molecule has 0 amide bonds. The van der Waals surface area contributed by atoms with Crippen LogP contribution in [0.3, 0.4) is 0 Å². The SMILES string of the molecule is CCCC(C)(O)CNS(=O)(=O)c1cc(N)cc(Br)c1F. The summed E-state index contributed by atoms with van der Waals surface area (Å²) in [7, 11) is -4.08. The van der Waals surface area contributed by atoms with E-state index in [0.717, 1.165) is 6.07 Å². The van der Waals surface area contributed by atoms with Gasteiger partial charge in [-0.1, -0.05) is 13.3 Å². The van der Waals surface area contributed by atoms with Crippen molar-refractivity contribution < 1.29 is 17.9 Å². The Balaban J connectivity index is 3.01. The molecule has 1 rings (SSSR count). The average molecular weight is 369 g/mol. The zero-order valence-corrected chi connectivity index (χ0v) is 13.7. The molecule has 1 atom stereocenters. The van der Waals surface area contributed by atoms with Gasteiger partial charge in [0.1, 0.15) is 4.90 Å². The van der Waals surface area contributed by atoms with Crippen LogP contribution in [0.15, 0.2) is 21.5 Å². The molecule has 0 spiro atoms. The third-order valence-corrected chi connectivity index (χ3v) is 4.72. The first kappa shape index (κ1) is 17.4. The Labute approximate surface area is 126 Å². The molecular weight excluding hydrogens is 351 g/mol. The molecule has 114 valence electrons. The summed E-state index contributed by atoms with van der Waals surface area (Å²) in [6.07, 6.45) is 1.13. The summed E-state index contributed by atoms with van der Waals surface area (Å²) in [5.74, 6) is -0.915. The highest BCUT2D eigenvalue weighted by Crippen LogP contribution is 2.26. The summed E-state index contributed by atoms with van der Waals surface area (Å²) in [6.45, 7) is 3.19. The standard InChI is InChI=1S/C12H18BrFN2O3S/c1-3-4-12(2,17)7-16-20(18,19)10-6-8(15)5-9(13)11(10)14/h5-6,16-17H,3-4,7,15H2,1-2H3. The summed E-state index contributed by atoms with van der Waals surface area (Å²) in [6, 6.07) is 2.32. The Bertz CT molecular complexity index is 591. The van der Waals surface area contributed by atoms with Crippen molar-refractivity contribution in [2.75, 3.05) is 12.3 Å². The summed E-state index contributed by atoms with van der Waals surface area (Å²) in [5, 5.41) is 9.95. The molecule has 0 heterocycles. The quantitative estimate of drug-likeness (QED) is 0.669. The first-order valence-electron chi connectivity index (χ1n) is 6.05. The van der Waals surface area contributed by atoms with Crippen LogP contribution in [0.2, 0.25) is 0 Å². The van der Waals surface area contributed by atoms with Gasteiger partial charge in [0.05, 0.1) is 10.1 Å². The highest BCUT2D eigenvalue weighted by molar-refractivity contribution is 9.10. The molecule has 0 aliphatic heterocycles. The van der Waals surface area contributed by atoms with E-state index in [4.69, 9.17) is 5.73 Å². The van der Waals surface area contributed by atoms with Crippen LogP contribution in [0, 0.1) is 5.82 Å². The van der Waals surface area contributed by atoms with E-state index in [1.54, 1.807) is 0 Å². The number of nitrogens with two attached hydrogens (primary N) is 1. The van der Waals surface area contributed by atoms with E-state index in [1.165, 1.54) is 13.0 Å². The van der Waals surface area contributed by atoms with Gasteiger partial charge in [-0.3, -0.25) is 0 Å². The molecule has 0 aliphatic carbocycles. The largest absolute Gasteiger partial charge is 0.399 e. The molecule has 0 aromatic heterocycles. The van der Waals surface area contributed by atoms with Crippen molar-refractivity contribution in [3.63, 3.8) is 0 Å².